The number of hydrazone groups is 1. The van der Waals surface area contributed by atoms with Crippen LogP contribution >= 0.6 is 0 Å². The molecule has 0 unspecified atom stereocenters. The molecule has 0 radical (unpaired) electrons. The fourth-order valence-electron chi connectivity index (χ4n) is 2.02. The molecule has 0 atom stereocenters. The lowest BCUT2D eigenvalue weighted by atomic mass is 10.1. The molecule has 1 aromatic rings. The second kappa shape index (κ2) is 7.09. The number of nitrogens with two attached hydrogens (primary N) is 1. The van der Waals surface area contributed by atoms with Crippen molar-refractivity contribution in [2.24, 2.45) is 15.8 Å². The Morgan fingerprint density at radius 2 is 2.22 bits per heavy atom. The van der Waals surface area contributed by atoms with Crippen LogP contribution in [0, 0.1) is 24.7 Å². The Kier molecular flexibility index (Phi) is 4.95. The maximum atomic E-state index is 7.08. The molecular formula is C17H18N6. The molecule has 1 aromatic carbocycles. The fourth-order valence-corrected chi connectivity index (χ4v) is 2.02. The molecule has 6 nitrogen and oxygen atoms in total. The first-order valence-corrected chi connectivity index (χ1v) is 6.93. The van der Waals surface area contributed by atoms with Gasteiger partial charge < -0.3 is 11.1 Å². The molecule has 0 bridgehead atoms. The minimum Gasteiger partial charge on any atom is -0.382 e. The zero-order valence-electron chi connectivity index (χ0n) is 12.9. The van der Waals surface area contributed by atoms with Gasteiger partial charge in [0.15, 0.2) is 5.84 Å². The van der Waals surface area contributed by atoms with Crippen molar-refractivity contribution >= 4 is 23.6 Å². The van der Waals surface area contributed by atoms with Gasteiger partial charge in [-0.05, 0) is 25.1 Å². The number of hydrogen-bond donors (Lipinski definition) is 3. The minimum absolute atomic E-state index is 0.125. The van der Waals surface area contributed by atoms with Crippen LogP contribution in [0.1, 0.15) is 5.56 Å². The molecule has 0 aliphatic carbocycles. The first-order chi connectivity index (χ1) is 11.1. The predicted octanol–water partition coefficient (Wildman–Crippen LogP) is 1.76. The monoisotopic (exact) mass is 306 g/mol. The van der Waals surface area contributed by atoms with Gasteiger partial charge in [0.25, 0.3) is 0 Å². The molecule has 1 aliphatic rings. The SMILES string of the molecule is C#CCNC1=CC(=C)N(c2ccc(C)cc2)N=C1C(N)=NC=N. The Morgan fingerprint density at radius 3 is 2.83 bits per heavy atom. The molecular weight excluding hydrogens is 288 g/mol. The number of aryl methyl sites for hydroxylation is 1. The van der Waals surface area contributed by atoms with Crippen LogP contribution in [0.5, 0.6) is 0 Å². The lowest BCUT2D eigenvalue weighted by Crippen LogP contribution is -2.37. The molecule has 0 amide bonds. The van der Waals surface area contributed by atoms with Crippen LogP contribution in [0.25, 0.3) is 0 Å². The predicted molar refractivity (Wildman–Crippen MR) is 95.6 cm³/mol. The average molecular weight is 306 g/mol. The van der Waals surface area contributed by atoms with Crippen LogP contribution in [-0.4, -0.2) is 24.4 Å². The Hall–Kier alpha value is -3.33. The zero-order valence-corrected chi connectivity index (χ0v) is 12.9. The molecule has 0 saturated carbocycles. The highest BCUT2D eigenvalue weighted by Crippen LogP contribution is 2.24. The molecule has 0 spiro atoms. The van der Waals surface area contributed by atoms with Gasteiger partial charge in [0, 0.05) is 0 Å². The van der Waals surface area contributed by atoms with E-state index >= 15 is 0 Å². The highest BCUT2D eigenvalue weighted by Gasteiger charge is 2.21. The van der Waals surface area contributed by atoms with E-state index in [1.54, 1.807) is 11.1 Å². The lowest BCUT2D eigenvalue weighted by molar-refractivity contribution is 0.929. The zero-order chi connectivity index (χ0) is 16.8. The van der Waals surface area contributed by atoms with Crippen LogP contribution < -0.4 is 16.1 Å². The summed E-state index contributed by atoms with van der Waals surface area (Å²) in [5, 5.41) is 16.3. The number of aliphatic imine (C=N–C) groups is 1. The highest BCUT2D eigenvalue weighted by atomic mass is 15.5. The first-order valence-electron chi connectivity index (χ1n) is 6.93. The quantitative estimate of drug-likeness (QED) is 0.440. The maximum Gasteiger partial charge on any atom is 0.155 e. The standard InChI is InChI=1S/C17H18N6/c1-4-9-20-15-10-13(3)23(14-7-5-12(2)6-8-14)22-16(15)17(19)21-11-18/h1,5-8,10-11,20H,3,9H2,2H3,(H3,18,19,21). The van der Waals surface area contributed by atoms with E-state index in [4.69, 9.17) is 17.6 Å². The average Bonchev–Trinajstić information content (AvgIpc) is 2.54. The molecule has 1 aliphatic heterocycles. The van der Waals surface area contributed by atoms with E-state index in [0.717, 1.165) is 17.6 Å². The second-order valence-corrected chi connectivity index (χ2v) is 4.85. The molecule has 2 rings (SSSR count). The summed E-state index contributed by atoms with van der Waals surface area (Å²) in [6.07, 6.45) is 7.95. The number of terminal acetylenes is 1. The first kappa shape index (κ1) is 16.0. The summed E-state index contributed by atoms with van der Waals surface area (Å²) in [6, 6.07) is 7.86. The molecule has 23 heavy (non-hydrogen) atoms. The van der Waals surface area contributed by atoms with Crippen LogP contribution in [0.15, 0.2) is 58.4 Å². The van der Waals surface area contributed by atoms with Gasteiger partial charge in [-0.3, -0.25) is 5.41 Å². The highest BCUT2D eigenvalue weighted by molar-refractivity contribution is 6.48. The fraction of sp³-hybridized carbons (Fsp3) is 0.118. The van der Waals surface area contributed by atoms with E-state index in [1.807, 2.05) is 31.2 Å². The van der Waals surface area contributed by atoms with Crippen molar-refractivity contribution in [1.29, 1.82) is 5.41 Å². The Bertz CT molecular complexity index is 746. The molecule has 116 valence electrons. The summed E-state index contributed by atoms with van der Waals surface area (Å²) in [6.45, 7) is 6.35. The van der Waals surface area contributed by atoms with Gasteiger partial charge in [-0.1, -0.05) is 30.2 Å². The number of amidine groups is 1. The third-order valence-corrected chi connectivity index (χ3v) is 3.14. The normalized spacial score (nSPS) is 14.7. The van der Waals surface area contributed by atoms with E-state index < -0.39 is 0 Å². The van der Waals surface area contributed by atoms with E-state index in [9.17, 15) is 0 Å². The van der Waals surface area contributed by atoms with E-state index in [1.165, 1.54) is 0 Å². The summed E-state index contributed by atoms with van der Waals surface area (Å²) in [7, 11) is 0. The molecule has 0 aromatic heterocycles. The van der Waals surface area contributed by atoms with Crippen molar-refractivity contribution in [3.8, 4) is 12.3 Å². The topological polar surface area (TPSA) is 89.9 Å². The number of rotatable bonds is 5. The third-order valence-electron chi connectivity index (χ3n) is 3.14. The van der Waals surface area contributed by atoms with Gasteiger partial charge >= 0.3 is 0 Å². The van der Waals surface area contributed by atoms with Crippen LogP contribution in [0.2, 0.25) is 0 Å². The number of anilines is 1. The van der Waals surface area contributed by atoms with Gasteiger partial charge in [0.2, 0.25) is 0 Å². The van der Waals surface area contributed by atoms with Crippen LogP contribution in [-0.2, 0) is 0 Å². The van der Waals surface area contributed by atoms with E-state index in [0.29, 0.717) is 23.7 Å². The van der Waals surface area contributed by atoms with Gasteiger partial charge in [-0.25, -0.2) is 10.0 Å². The van der Waals surface area contributed by atoms with E-state index in [2.05, 4.69) is 27.9 Å². The van der Waals surface area contributed by atoms with Crippen LogP contribution in [0.4, 0.5) is 5.69 Å². The summed E-state index contributed by atoms with van der Waals surface area (Å²) in [5.74, 6) is 2.62. The molecule has 0 fully saturated rings. The van der Waals surface area contributed by atoms with Gasteiger partial charge in [-0.2, -0.15) is 5.10 Å². The van der Waals surface area contributed by atoms with Crippen molar-refractivity contribution in [1.82, 2.24) is 5.32 Å². The summed E-state index contributed by atoms with van der Waals surface area (Å²) in [4.78, 5) is 3.79. The number of nitrogens with one attached hydrogen (secondary N) is 2. The van der Waals surface area contributed by atoms with Gasteiger partial charge in [-0.15, -0.1) is 6.42 Å². The van der Waals surface area contributed by atoms with Crippen molar-refractivity contribution < 1.29 is 0 Å². The third kappa shape index (κ3) is 3.66. The van der Waals surface area contributed by atoms with Crippen LogP contribution in [0.3, 0.4) is 0 Å². The molecule has 1 heterocycles. The largest absolute Gasteiger partial charge is 0.382 e. The number of allylic oxidation sites excluding steroid dienone is 1. The molecule has 4 N–H and O–H groups in total. The summed E-state index contributed by atoms with van der Waals surface area (Å²) >= 11 is 0. The smallest absolute Gasteiger partial charge is 0.155 e. The summed E-state index contributed by atoms with van der Waals surface area (Å²) < 4.78 is 0. The molecule has 6 heteroatoms. The van der Waals surface area contributed by atoms with E-state index in [-0.39, 0.29) is 5.84 Å². The Balaban J connectivity index is 2.43. The van der Waals surface area contributed by atoms with Crippen molar-refractivity contribution in [3.05, 3.63) is 53.9 Å². The van der Waals surface area contributed by atoms with Crippen molar-refractivity contribution in [2.45, 2.75) is 6.92 Å². The van der Waals surface area contributed by atoms with Gasteiger partial charge in [0.05, 0.1) is 23.6 Å². The van der Waals surface area contributed by atoms with Crippen molar-refractivity contribution in [2.75, 3.05) is 11.6 Å². The second-order valence-electron chi connectivity index (χ2n) is 4.85. The number of benzene rings is 1. The summed E-state index contributed by atoms with van der Waals surface area (Å²) in [5.41, 5.74) is 9.62. The Labute approximate surface area is 135 Å². The number of hydrogen-bond acceptors (Lipinski definition) is 4. The molecule has 0 saturated heterocycles. The Morgan fingerprint density at radius 1 is 1.52 bits per heavy atom. The lowest BCUT2D eigenvalue weighted by Gasteiger charge is -2.27. The van der Waals surface area contributed by atoms with Crippen molar-refractivity contribution in [3.63, 3.8) is 0 Å². The maximum absolute atomic E-state index is 7.08. The minimum atomic E-state index is 0.125. The number of nitrogens with zero attached hydrogens (tertiary/aromatic N) is 3. The van der Waals surface area contributed by atoms with Gasteiger partial charge in [0.1, 0.15) is 12.1 Å².